The van der Waals surface area contributed by atoms with E-state index in [4.69, 9.17) is 5.26 Å². The monoisotopic (exact) mass is 354 g/mol. The Bertz CT molecular complexity index is 777. The van der Waals surface area contributed by atoms with Crippen molar-refractivity contribution in [2.45, 2.75) is 18.4 Å². The Kier molecular flexibility index (Phi) is 4.11. The minimum absolute atomic E-state index is 0.00519. The third-order valence-electron chi connectivity index (χ3n) is 2.57. The van der Waals surface area contributed by atoms with Crippen LogP contribution < -0.4 is 4.72 Å². The summed E-state index contributed by atoms with van der Waals surface area (Å²) in [5.74, 6) is 0.601. The van der Waals surface area contributed by atoms with Crippen LogP contribution in [0.4, 0.5) is 5.69 Å². The van der Waals surface area contributed by atoms with E-state index in [1.807, 2.05) is 13.0 Å². The van der Waals surface area contributed by atoms with Gasteiger partial charge in [0, 0.05) is 10.9 Å². The number of halogens is 1. The Morgan fingerprint density at radius 2 is 2.25 bits per heavy atom. The van der Waals surface area contributed by atoms with E-state index in [1.54, 1.807) is 6.07 Å². The van der Waals surface area contributed by atoms with Crippen molar-refractivity contribution in [1.82, 2.24) is 9.97 Å². The number of aryl methyl sites for hydroxylation is 1. The van der Waals surface area contributed by atoms with Crippen molar-refractivity contribution in [3.05, 3.63) is 40.3 Å². The molecule has 0 bridgehead atoms. The maximum Gasteiger partial charge on any atom is 0.279 e. The third-order valence-corrected chi connectivity index (χ3v) is 4.50. The third kappa shape index (κ3) is 3.00. The molecule has 2 N–H and O–H groups in total. The molecule has 104 valence electrons. The van der Waals surface area contributed by atoms with Crippen LogP contribution in [0, 0.1) is 11.3 Å². The number of benzene rings is 1. The molecule has 1 aromatic carbocycles. The van der Waals surface area contributed by atoms with Crippen LogP contribution in [-0.4, -0.2) is 18.4 Å². The van der Waals surface area contributed by atoms with E-state index in [-0.39, 0.29) is 5.03 Å². The number of anilines is 1. The molecule has 8 heteroatoms. The average Bonchev–Trinajstić information content (AvgIpc) is 2.90. The number of H-pyrrole nitrogens is 1. The van der Waals surface area contributed by atoms with Gasteiger partial charge >= 0.3 is 0 Å². The summed E-state index contributed by atoms with van der Waals surface area (Å²) in [4.78, 5) is 6.70. The highest BCUT2D eigenvalue weighted by Crippen LogP contribution is 2.25. The Morgan fingerprint density at radius 1 is 1.50 bits per heavy atom. The average molecular weight is 355 g/mol. The molecule has 0 aliphatic rings. The molecule has 0 fully saturated rings. The second-order valence-corrected chi connectivity index (χ2v) is 6.46. The van der Waals surface area contributed by atoms with Crippen molar-refractivity contribution in [2.24, 2.45) is 0 Å². The van der Waals surface area contributed by atoms with Gasteiger partial charge in [-0.3, -0.25) is 4.72 Å². The fraction of sp³-hybridized carbons (Fsp3) is 0.167. The number of rotatable bonds is 4. The highest BCUT2D eigenvalue weighted by Gasteiger charge is 2.18. The van der Waals surface area contributed by atoms with Crippen LogP contribution in [-0.2, 0) is 16.4 Å². The minimum Gasteiger partial charge on any atom is -0.332 e. The molecule has 0 aliphatic heterocycles. The van der Waals surface area contributed by atoms with Crippen LogP contribution >= 0.6 is 15.9 Å². The van der Waals surface area contributed by atoms with Gasteiger partial charge in [0.15, 0.2) is 5.03 Å². The Labute approximate surface area is 125 Å². The van der Waals surface area contributed by atoms with Gasteiger partial charge in [0.25, 0.3) is 10.0 Å². The van der Waals surface area contributed by atoms with Crippen LogP contribution in [0.2, 0.25) is 0 Å². The van der Waals surface area contributed by atoms with E-state index >= 15 is 0 Å². The van der Waals surface area contributed by atoms with E-state index in [9.17, 15) is 8.42 Å². The standard InChI is InChI=1S/C12H11BrN4O2S/c1-2-11-15-7-12(16-11)20(18,19)17-10-4-3-8(6-14)5-9(10)13/h3-5,7,17H,2H2,1H3,(H,15,16). The van der Waals surface area contributed by atoms with E-state index in [1.165, 1.54) is 18.3 Å². The van der Waals surface area contributed by atoms with Gasteiger partial charge in [0.2, 0.25) is 0 Å². The lowest BCUT2D eigenvalue weighted by atomic mass is 10.2. The van der Waals surface area contributed by atoms with E-state index < -0.39 is 10.0 Å². The fourth-order valence-electron chi connectivity index (χ4n) is 1.53. The van der Waals surface area contributed by atoms with Crippen molar-refractivity contribution in [2.75, 3.05) is 4.72 Å². The first-order chi connectivity index (χ1) is 9.46. The van der Waals surface area contributed by atoms with Gasteiger partial charge < -0.3 is 4.98 Å². The summed E-state index contributed by atoms with van der Waals surface area (Å²) in [5, 5.41) is 8.78. The molecular weight excluding hydrogens is 344 g/mol. The van der Waals surface area contributed by atoms with Gasteiger partial charge in [0.1, 0.15) is 5.82 Å². The molecule has 2 rings (SSSR count). The van der Waals surface area contributed by atoms with Gasteiger partial charge in [-0.15, -0.1) is 0 Å². The molecule has 0 atom stereocenters. The lowest BCUT2D eigenvalue weighted by Crippen LogP contribution is -2.13. The first-order valence-electron chi connectivity index (χ1n) is 5.72. The van der Waals surface area contributed by atoms with E-state index in [0.29, 0.717) is 28.0 Å². The number of hydrogen-bond acceptors (Lipinski definition) is 4. The van der Waals surface area contributed by atoms with Crippen LogP contribution in [0.1, 0.15) is 18.3 Å². The molecule has 0 saturated carbocycles. The molecular formula is C12H11BrN4O2S. The number of sulfonamides is 1. The lowest BCUT2D eigenvalue weighted by molar-refractivity contribution is 0.598. The van der Waals surface area contributed by atoms with E-state index in [0.717, 1.165) is 0 Å². The SMILES string of the molecule is CCc1ncc(S(=O)(=O)Nc2ccc(C#N)cc2Br)[nH]1. The molecule has 2 aromatic rings. The number of hydrogen-bond donors (Lipinski definition) is 2. The fourth-order valence-corrected chi connectivity index (χ4v) is 3.16. The summed E-state index contributed by atoms with van der Waals surface area (Å²) < 4.78 is 27.3. The topological polar surface area (TPSA) is 98.6 Å². The van der Waals surface area contributed by atoms with Gasteiger partial charge in [-0.25, -0.2) is 4.98 Å². The predicted octanol–water partition coefficient (Wildman–Crippen LogP) is 2.41. The van der Waals surface area contributed by atoms with Crippen LogP contribution in [0.5, 0.6) is 0 Å². The Hall–Kier alpha value is -1.85. The number of nitrogens with zero attached hydrogens (tertiary/aromatic N) is 2. The highest BCUT2D eigenvalue weighted by molar-refractivity contribution is 9.10. The molecule has 20 heavy (non-hydrogen) atoms. The number of aromatic amines is 1. The first kappa shape index (κ1) is 14.6. The largest absolute Gasteiger partial charge is 0.332 e. The second-order valence-electron chi connectivity index (χ2n) is 3.96. The molecule has 0 spiro atoms. The Balaban J connectivity index is 2.31. The zero-order valence-corrected chi connectivity index (χ0v) is 12.9. The maximum absolute atomic E-state index is 12.2. The summed E-state index contributed by atoms with van der Waals surface area (Å²) in [5.41, 5.74) is 0.797. The summed E-state index contributed by atoms with van der Waals surface area (Å²) in [7, 11) is -3.73. The molecule has 0 amide bonds. The minimum atomic E-state index is -3.73. The molecule has 0 aliphatic carbocycles. The second kappa shape index (κ2) is 5.64. The molecule has 0 radical (unpaired) electrons. The quantitative estimate of drug-likeness (QED) is 0.880. The predicted molar refractivity (Wildman–Crippen MR) is 77.6 cm³/mol. The van der Waals surface area contributed by atoms with Crippen molar-refractivity contribution < 1.29 is 8.42 Å². The normalized spacial score (nSPS) is 11.1. The van der Waals surface area contributed by atoms with Gasteiger partial charge in [-0.2, -0.15) is 13.7 Å². The van der Waals surface area contributed by atoms with Gasteiger partial charge in [0.05, 0.1) is 23.5 Å². The maximum atomic E-state index is 12.2. The lowest BCUT2D eigenvalue weighted by Gasteiger charge is -2.08. The highest BCUT2D eigenvalue weighted by atomic mass is 79.9. The molecule has 1 aromatic heterocycles. The van der Waals surface area contributed by atoms with Crippen LogP contribution in [0.25, 0.3) is 0 Å². The molecule has 1 heterocycles. The van der Waals surface area contributed by atoms with Crippen molar-refractivity contribution in [1.29, 1.82) is 5.26 Å². The van der Waals surface area contributed by atoms with Gasteiger partial charge in [-0.05, 0) is 34.1 Å². The molecule has 0 unspecified atom stereocenters. The summed E-state index contributed by atoms with van der Waals surface area (Å²) in [6, 6.07) is 6.58. The van der Waals surface area contributed by atoms with Gasteiger partial charge in [-0.1, -0.05) is 6.92 Å². The smallest absolute Gasteiger partial charge is 0.279 e. The number of nitriles is 1. The van der Waals surface area contributed by atoms with Crippen molar-refractivity contribution in [3.63, 3.8) is 0 Å². The van der Waals surface area contributed by atoms with Crippen molar-refractivity contribution >= 4 is 31.6 Å². The zero-order chi connectivity index (χ0) is 14.8. The number of nitrogens with one attached hydrogen (secondary N) is 2. The summed E-state index contributed by atoms with van der Waals surface area (Å²) in [6.45, 7) is 1.87. The Morgan fingerprint density at radius 3 is 2.80 bits per heavy atom. The first-order valence-corrected chi connectivity index (χ1v) is 8.00. The number of aromatic nitrogens is 2. The summed E-state index contributed by atoms with van der Waals surface area (Å²) >= 11 is 3.23. The zero-order valence-electron chi connectivity index (χ0n) is 10.5. The van der Waals surface area contributed by atoms with Crippen molar-refractivity contribution in [3.8, 4) is 6.07 Å². The van der Waals surface area contributed by atoms with E-state index in [2.05, 4.69) is 30.6 Å². The van der Waals surface area contributed by atoms with Crippen LogP contribution in [0.3, 0.4) is 0 Å². The van der Waals surface area contributed by atoms with Crippen LogP contribution in [0.15, 0.2) is 33.9 Å². The molecule has 0 saturated heterocycles. The summed E-state index contributed by atoms with van der Waals surface area (Å²) in [6.07, 6.45) is 1.90. The molecule has 6 nitrogen and oxygen atoms in total. The number of imidazole rings is 1.